The van der Waals surface area contributed by atoms with Crippen LogP contribution < -0.4 is 0 Å². The third-order valence-corrected chi connectivity index (χ3v) is 5.14. The number of halogens is 2. The molecule has 2 aromatic rings. The number of esters is 1. The standard InChI is InChI=1S/C19H24Cl2N2O3S/c1-5-16(26-7-6-25-12(4)24)18-22-17(11(2)3)19(23-18)27-15-9-13(20)8-14(21)10-15/h8-11,16H,5-7H2,1-4H3,(H,22,23). The van der Waals surface area contributed by atoms with Crippen molar-refractivity contribution in [1.82, 2.24) is 9.97 Å². The number of aromatic amines is 1. The SMILES string of the molecule is CCC(OCCOC(C)=O)c1nc(Sc2cc(Cl)cc(Cl)c2)c(C(C)C)[nH]1. The van der Waals surface area contributed by atoms with E-state index in [-0.39, 0.29) is 24.6 Å². The number of benzene rings is 1. The molecule has 148 valence electrons. The molecule has 1 N–H and O–H groups in total. The molecule has 1 aromatic heterocycles. The molecule has 0 amide bonds. The molecule has 1 unspecified atom stereocenters. The summed E-state index contributed by atoms with van der Waals surface area (Å²) >= 11 is 13.7. The highest BCUT2D eigenvalue weighted by molar-refractivity contribution is 7.99. The van der Waals surface area contributed by atoms with Crippen molar-refractivity contribution < 1.29 is 14.3 Å². The van der Waals surface area contributed by atoms with E-state index in [0.717, 1.165) is 27.9 Å². The highest BCUT2D eigenvalue weighted by Gasteiger charge is 2.20. The van der Waals surface area contributed by atoms with Crippen LogP contribution in [0.4, 0.5) is 0 Å². The Bertz CT molecular complexity index is 760. The van der Waals surface area contributed by atoms with Crippen molar-refractivity contribution in [2.75, 3.05) is 13.2 Å². The predicted molar refractivity (Wildman–Crippen MR) is 109 cm³/mol. The Kier molecular flexibility index (Phi) is 8.48. The highest BCUT2D eigenvalue weighted by Crippen LogP contribution is 2.36. The van der Waals surface area contributed by atoms with Crippen LogP contribution >= 0.6 is 35.0 Å². The molecule has 0 aliphatic heterocycles. The van der Waals surface area contributed by atoms with E-state index in [2.05, 4.69) is 18.8 Å². The first-order valence-electron chi connectivity index (χ1n) is 8.78. The Balaban J connectivity index is 2.18. The van der Waals surface area contributed by atoms with E-state index < -0.39 is 0 Å². The molecule has 0 fully saturated rings. The maximum absolute atomic E-state index is 10.9. The summed E-state index contributed by atoms with van der Waals surface area (Å²) < 4.78 is 10.8. The number of nitrogens with zero attached hydrogens (tertiary/aromatic N) is 1. The van der Waals surface area contributed by atoms with E-state index >= 15 is 0 Å². The lowest BCUT2D eigenvalue weighted by Crippen LogP contribution is -2.12. The fraction of sp³-hybridized carbons (Fsp3) is 0.474. The highest BCUT2D eigenvalue weighted by atomic mass is 35.5. The molecule has 2 rings (SSSR count). The van der Waals surface area contributed by atoms with E-state index in [1.165, 1.54) is 18.7 Å². The number of rotatable bonds is 9. The maximum Gasteiger partial charge on any atom is 0.302 e. The number of aromatic nitrogens is 2. The van der Waals surface area contributed by atoms with Crippen LogP contribution in [0.2, 0.25) is 10.0 Å². The smallest absolute Gasteiger partial charge is 0.302 e. The van der Waals surface area contributed by atoms with Crippen LogP contribution in [0.1, 0.15) is 57.7 Å². The normalized spacial score (nSPS) is 12.4. The Morgan fingerprint density at radius 1 is 1.22 bits per heavy atom. The largest absolute Gasteiger partial charge is 0.463 e. The summed E-state index contributed by atoms with van der Waals surface area (Å²) in [4.78, 5) is 19.9. The van der Waals surface area contributed by atoms with Gasteiger partial charge in [-0.2, -0.15) is 0 Å². The number of nitrogens with one attached hydrogen (secondary N) is 1. The third kappa shape index (κ3) is 6.71. The molecule has 8 heteroatoms. The number of H-pyrrole nitrogens is 1. The van der Waals surface area contributed by atoms with Crippen LogP contribution in [0.15, 0.2) is 28.1 Å². The minimum Gasteiger partial charge on any atom is -0.463 e. The van der Waals surface area contributed by atoms with Crippen LogP contribution in [0.25, 0.3) is 0 Å². The van der Waals surface area contributed by atoms with Gasteiger partial charge in [0.1, 0.15) is 23.6 Å². The summed E-state index contributed by atoms with van der Waals surface area (Å²) in [5, 5.41) is 2.06. The van der Waals surface area contributed by atoms with Crippen LogP contribution in [-0.4, -0.2) is 29.2 Å². The molecule has 27 heavy (non-hydrogen) atoms. The minimum absolute atomic E-state index is 0.199. The molecular formula is C19H24Cl2N2O3S. The van der Waals surface area contributed by atoms with Crippen molar-refractivity contribution >= 4 is 40.9 Å². The summed E-state index contributed by atoms with van der Waals surface area (Å²) in [7, 11) is 0. The average Bonchev–Trinajstić information content (AvgIpc) is 2.97. The maximum atomic E-state index is 10.9. The van der Waals surface area contributed by atoms with Crippen molar-refractivity contribution in [3.63, 3.8) is 0 Å². The van der Waals surface area contributed by atoms with Gasteiger partial charge in [-0.3, -0.25) is 4.79 Å². The van der Waals surface area contributed by atoms with E-state index in [4.69, 9.17) is 37.7 Å². The van der Waals surface area contributed by atoms with Crippen molar-refractivity contribution in [2.24, 2.45) is 0 Å². The van der Waals surface area contributed by atoms with Gasteiger partial charge in [-0.1, -0.05) is 55.7 Å². The van der Waals surface area contributed by atoms with Gasteiger partial charge in [0.05, 0.1) is 12.3 Å². The number of imidazole rings is 1. The van der Waals surface area contributed by atoms with Gasteiger partial charge < -0.3 is 14.5 Å². The molecule has 0 bridgehead atoms. The van der Waals surface area contributed by atoms with Crippen molar-refractivity contribution in [3.8, 4) is 0 Å². The first-order valence-corrected chi connectivity index (χ1v) is 10.4. The van der Waals surface area contributed by atoms with E-state index in [0.29, 0.717) is 16.7 Å². The van der Waals surface area contributed by atoms with Crippen molar-refractivity contribution in [2.45, 2.75) is 56.1 Å². The van der Waals surface area contributed by atoms with Crippen LogP contribution in [0.3, 0.4) is 0 Å². The number of hydrogen-bond acceptors (Lipinski definition) is 5. The molecule has 0 aliphatic rings. The predicted octanol–water partition coefficient (Wildman–Crippen LogP) is 6.02. The Morgan fingerprint density at radius 2 is 1.89 bits per heavy atom. The summed E-state index contributed by atoms with van der Waals surface area (Å²) in [6.45, 7) is 8.17. The van der Waals surface area contributed by atoms with E-state index in [1.54, 1.807) is 6.07 Å². The molecule has 0 spiro atoms. The lowest BCUT2D eigenvalue weighted by Gasteiger charge is -2.13. The van der Waals surface area contributed by atoms with Crippen LogP contribution in [-0.2, 0) is 14.3 Å². The second-order valence-corrected chi connectivity index (χ2v) is 8.25. The third-order valence-electron chi connectivity index (χ3n) is 3.73. The molecule has 1 atom stereocenters. The van der Waals surface area contributed by atoms with Gasteiger partial charge in [0.2, 0.25) is 0 Å². The average molecular weight is 431 g/mol. The molecular weight excluding hydrogens is 407 g/mol. The topological polar surface area (TPSA) is 64.2 Å². The molecule has 0 saturated heterocycles. The summed E-state index contributed by atoms with van der Waals surface area (Å²) in [5.74, 6) is 0.715. The van der Waals surface area contributed by atoms with Gasteiger partial charge in [-0.15, -0.1) is 0 Å². The van der Waals surface area contributed by atoms with Gasteiger partial charge in [0, 0.05) is 21.9 Å². The molecule has 0 radical (unpaired) electrons. The molecule has 0 saturated carbocycles. The number of carbonyl (C=O) groups excluding carboxylic acids is 1. The number of ether oxygens (including phenoxy) is 2. The van der Waals surface area contributed by atoms with Crippen LogP contribution in [0, 0.1) is 0 Å². The van der Waals surface area contributed by atoms with Crippen molar-refractivity contribution in [3.05, 3.63) is 39.8 Å². The summed E-state index contributed by atoms with van der Waals surface area (Å²) in [5.41, 5.74) is 1.04. The monoisotopic (exact) mass is 430 g/mol. The van der Waals surface area contributed by atoms with Gasteiger partial charge in [-0.05, 0) is 30.5 Å². The lowest BCUT2D eigenvalue weighted by molar-refractivity contribution is -0.143. The molecule has 1 heterocycles. The minimum atomic E-state index is -0.314. The number of hydrogen-bond donors (Lipinski definition) is 1. The Hall–Kier alpha value is -1.21. The van der Waals surface area contributed by atoms with Crippen molar-refractivity contribution in [1.29, 1.82) is 0 Å². The van der Waals surface area contributed by atoms with Crippen LogP contribution in [0.5, 0.6) is 0 Å². The lowest BCUT2D eigenvalue weighted by atomic mass is 10.1. The molecule has 0 aliphatic carbocycles. The fourth-order valence-electron chi connectivity index (χ4n) is 2.48. The summed E-state index contributed by atoms with van der Waals surface area (Å²) in [6.07, 6.45) is 0.549. The van der Waals surface area contributed by atoms with Gasteiger partial charge in [0.15, 0.2) is 0 Å². The zero-order valence-electron chi connectivity index (χ0n) is 15.8. The van der Waals surface area contributed by atoms with Gasteiger partial charge in [-0.25, -0.2) is 4.98 Å². The fourth-order valence-corrected chi connectivity index (χ4v) is 4.27. The number of carbonyl (C=O) groups is 1. The zero-order valence-corrected chi connectivity index (χ0v) is 18.2. The second-order valence-electron chi connectivity index (χ2n) is 6.31. The second kappa shape index (κ2) is 10.4. The molecule has 5 nitrogen and oxygen atoms in total. The molecule has 1 aromatic carbocycles. The summed E-state index contributed by atoms with van der Waals surface area (Å²) in [6, 6.07) is 5.43. The Morgan fingerprint density at radius 3 is 2.44 bits per heavy atom. The first kappa shape index (κ1) is 22.1. The van der Waals surface area contributed by atoms with E-state index in [1.807, 2.05) is 19.1 Å². The van der Waals surface area contributed by atoms with E-state index in [9.17, 15) is 4.79 Å². The first-order chi connectivity index (χ1) is 12.8. The van der Waals surface area contributed by atoms with Gasteiger partial charge in [0.25, 0.3) is 0 Å². The Labute approximate surface area is 174 Å². The zero-order chi connectivity index (χ0) is 20.0. The van der Waals surface area contributed by atoms with Gasteiger partial charge >= 0.3 is 5.97 Å². The quantitative estimate of drug-likeness (QED) is 0.388.